The van der Waals surface area contributed by atoms with Crippen molar-refractivity contribution < 1.29 is 14.6 Å². The number of fused-ring (bicyclic) bond motifs is 1. The van der Waals surface area contributed by atoms with Crippen LogP contribution in [0.25, 0.3) is 0 Å². The fraction of sp³-hybridized carbons (Fsp3) is 0.577. The molecule has 2 saturated heterocycles. The number of cyclic esters (lactones) is 1. The van der Waals surface area contributed by atoms with Crippen LogP contribution in [0.4, 0.5) is 5.69 Å². The van der Waals surface area contributed by atoms with E-state index in [1.165, 1.54) is 0 Å². The predicted octanol–water partition coefficient (Wildman–Crippen LogP) is 2.24. The van der Waals surface area contributed by atoms with Gasteiger partial charge in [-0.25, -0.2) is 4.79 Å². The second-order valence-corrected chi connectivity index (χ2v) is 10.0. The fourth-order valence-electron chi connectivity index (χ4n) is 6.08. The average molecular weight is 453 g/mol. The van der Waals surface area contributed by atoms with Gasteiger partial charge in [-0.3, -0.25) is 9.59 Å². The molecule has 0 amide bonds. The van der Waals surface area contributed by atoms with E-state index in [0.717, 1.165) is 68.6 Å². The van der Waals surface area contributed by atoms with Crippen LogP contribution in [-0.2, 0) is 17.8 Å². The number of hydrogen-bond acceptors (Lipinski definition) is 7. The van der Waals surface area contributed by atoms with E-state index < -0.39 is 6.10 Å². The molecule has 0 saturated carbocycles. The monoisotopic (exact) mass is 452 g/mol. The highest BCUT2D eigenvalue weighted by Crippen LogP contribution is 2.42. The molecule has 2 aromatic carbocycles. The number of ether oxygens (including phenoxy) is 1. The van der Waals surface area contributed by atoms with Gasteiger partial charge in [0.25, 0.3) is 0 Å². The van der Waals surface area contributed by atoms with Gasteiger partial charge in [0.2, 0.25) is 10.9 Å². The van der Waals surface area contributed by atoms with Gasteiger partial charge in [-0.1, -0.05) is 13.0 Å². The Hall–Kier alpha value is -2.51. The smallest absolute Gasteiger partial charge is 0.338 e. The Bertz CT molecular complexity index is 1140. The van der Waals surface area contributed by atoms with Crippen molar-refractivity contribution in [2.24, 2.45) is 5.41 Å². The average Bonchev–Trinajstić information content (AvgIpc) is 3.21. The largest absolute Gasteiger partial charge is 0.457 e. The first-order chi connectivity index (χ1) is 15.8. The van der Waals surface area contributed by atoms with E-state index in [-0.39, 0.29) is 16.8 Å². The molecule has 3 heterocycles. The lowest BCUT2D eigenvalue weighted by molar-refractivity contribution is 0.0447. The first-order valence-corrected chi connectivity index (χ1v) is 12.1. The van der Waals surface area contributed by atoms with Gasteiger partial charge in [-0.15, -0.1) is 0 Å². The molecule has 0 unspecified atom stereocenters. The fourth-order valence-corrected chi connectivity index (χ4v) is 6.08. The van der Waals surface area contributed by atoms with Gasteiger partial charge >= 0.3 is 5.97 Å². The number of aliphatic hydroxyl groups excluding tert-OH is 1. The summed E-state index contributed by atoms with van der Waals surface area (Å²) in [6.07, 6.45) is 4.30. The van der Waals surface area contributed by atoms with E-state index in [2.05, 4.69) is 9.80 Å². The van der Waals surface area contributed by atoms with Crippen molar-refractivity contribution in [1.29, 1.82) is 0 Å². The first kappa shape index (κ1) is 22.3. The number of rotatable bonds is 5. The molecule has 7 nitrogen and oxygen atoms in total. The Morgan fingerprint density at radius 1 is 1.03 bits per heavy atom. The molecule has 3 aliphatic rings. The number of carbonyl (C=O) groups excluding carboxylic acids is 1. The number of esters is 1. The molecule has 7 heteroatoms. The van der Waals surface area contributed by atoms with Gasteiger partial charge < -0.3 is 19.6 Å². The van der Waals surface area contributed by atoms with Gasteiger partial charge in [0.1, 0.15) is 6.61 Å². The number of nitrogens with zero attached hydrogens (tertiary/aromatic N) is 2. The molecule has 33 heavy (non-hydrogen) atoms. The van der Waals surface area contributed by atoms with Crippen LogP contribution in [-0.4, -0.2) is 48.7 Å². The number of carbonyl (C=O) groups is 1. The van der Waals surface area contributed by atoms with E-state index in [1.54, 1.807) is 6.07 Å². The van der Waals surface area contributed by atoms with E-state index >= 15 is 0 Å². The molecule has 2 fully saturated rings. The molecule has 0 aromatic heterocycles. The number of hydrogen-bond donors (Lipinski definition) is 1. The number of benzene rings is 1. The molecule has 5 rings (SSSR count). The van der Waals surface area contributed by atoms with Crippen LogP contribution in [0.5, 0.6) is 0 Å². The zero-order chi connectivity index (χ0) is 23.3. The third-order valence-electron chi connectivity index (χ3n) is 8.39. The molecule has 2 aromatic rings. The Balaban J connectivity index is 1.17. The number of aliphatic hydroxyl groups is 1. The Labute approximate surface area is 193 Å². The lowest BCUT2D eigenvalue weighted by Gasteiger charge is -2.48. The summed E-state index contributed by atoms with van der Waals surface area (Å²) in [5, 5.41) is 10.9. The topological polar surface area (TPSA) is 87.2 Å². The van der Waals surface area contributed by atoms with Crippen LogP contribution < -0.4 is 15.8 Å². The van der Waals surface area contributed by atoms with Crippen LogP contribution in [0.2, 0.25) is 0 Å². The predicted molar refractivity (Wildman–Crippen MR) is 126 cm³/mol. The highest BCUT2D eigenvalue weighted by atomic mass is 16.5. The second kappa shape index (κ2) is 8.37. The summed E-state index contributed by atoms with van der Waals surface area (Å²) in [5.74, 6) is -0.281. The highest BCUT2D eigenvalue weighted by molar-refractivity contribution is 5.93. The SMILES string of the molecule is CCc1c(N2CCC3(CCN(C[C@H](O)c4ccc5c(c4C)COC5=O)CC3)CC2)c(=O)c1=O. The normalized spacial score (nSPS) is 21.4. The van der Waals surface area contributed by atoms with Crippen molar-refractivity contribution in [3.63, 3.8) is 0 Å². The van der Waals surface area contributed by atoms with Crippen LogP contribution >= 0.6 is 0 Å². The summed E-state index contributed by atoms with van der Waals surface area (Å²) in [4.78, 5) is 40.1. The number of anilines is 1. The first-order valence-electron chi connectivity index (χ1n) is 12.1. The summed E-state index contributed by atoms with van der Waals surface area (Å²) in [6.45, 7) is 8.35. The van der Waals surface area contributed by atoms with E-state index in [1.807, 2.05) is 19.9 Å². The lowest BCUT2D eigenvalue weighted by Crippen LogP contribution is -2.51. The molecule has 0 radical (unpaired) electrons. The van der Waals surface area contributed by atoms with Crippen LogP contribution in [0.3, 0.4) is 0 Å². The highest BCUT2D eigenvalue weighted by Gasteiger charge is 2.39. The van der Waals surface area contributed by atoms with E-state index in [9.17, 15) is 19.5 Å². The number of β-amino-alcohol motifs (C(OH)–C–C–N with tert-alkyl or cyclic N) is 1. The molecule has 0 aliphatic carbocycles. The van der Waals surface area contributed by atoms with Crippen molar-refractivity contribution >= 4 is 11.7 Å². The van der Waals surface area contributed by atoms with Gasteiger partial charge in [-0.05, 0) is 74.7 Å². The van der Waals surface area contributed by atoms with Crippen molar-refractivity contribution in [2.75, 3.05) is 37.6 Å². The number of likely N-dealkylation sites (tertiary alicyclic amines) is 1. The van der Waals surface area contributed by atoms with Crippen molar-refractivity contribution in [3.05, 3.63) is 60.4 Å². The third-order valence-corrected chi connectivity index (χ3v) is 8.39. The molecule has 0 bridgehead atoms. The van der Waals surface area contributed by atoms with Gasteiger partial charge in [0, 0.05) is 30.8 Å². The van der Waals surface area contributed by atoms with Gasteiger partial charge in [0.15, 0.2) is 0 Å². The molecule has 3 aliphatic heterocycles. The standard InChI is InChI=1S/C26H32N2O5/c1-3-17-22(24(31)23(17)30)28-12-8-26(9-13-28)6-10-27(11-7-26)14-21(29)18-4-5-19-20(16(18)2)15-33-25(19)32/h4-5,21,29H,3,6-15H2,1-2H3/t21-/m0/s1. The summed E-state index contributed by atoms with van der Waals surface area (Å²) >= 11 is 0. The van der Waals surface area contributed by atoms with Gasteiger partial charge in [0.05, 0.1) is 17.4 Å². The Kier molecular flexibility index (Phi) is 5.65. The molecule has 1 spiro atoms. The molecule has 176 valence electrons. The van der Waals surface area contributed by atoms with Crippen molar-refractivity contribution in [3.8, 4) is 0 Å². The minimum atomic E-state index is -0.594. The molecule has 1 N–H and O–H groups in total. The van der Waals surface area contributed by atoms with Crippen LogP contribution in [0.15, 0.2) is 21.7 Å². The summed E-state index contributed by atoms with van der Waals surface area (Å²) in [6, 6.07) is 3.63. The second-order valence-electron chi connectivity index (χ2n) is 10.0. The molecule has 1 atom stereocenters. The van der Waals surface area contributed by atoms with Crippen molar-refractivity contribution in [1.82, 2.24) is 4.90 Å². The Morgan fingerprint density at radius 2 is 1.70 bits per heavy atom. The maximum Gasteiger partial charge on any atom is 0.338 e. The maximum absolute atomic E-state index is 12.1. The summed E-state index contributed by atoms with van der Waals surface area (Å²) in [7, 11) is 0. The minimum absolute atomic E-state index is 0.281. The van der Waals surface area contributed by atoms with Crippen molar-refractivity contribution in [2.45, 2.75) is 58.7 Å². The van der Waals surface area contributed by atoms with Crippen LogP contribution in [0.1, 0.15) is 71.3 Å². The summed E-state index contributed by atoms with van der Waals surface area (Å²) in [5.41, 5.74) is 4.42. The molecular formula is C26H32N2O5. The third kappa shape index (κ3) is 3.71. The minimum Gasteiger partial charge on any atom is -0.457 e. The zero-order valence-electron chi connectivity index (χ0n) is 19.5. The van der Waals surface area contributed by atoms with Gasteiger partial charge in [-0.2, -0.15) is 0 Å². The molecular weight excluding hydrogens is 420 g/mol. The Morgan fingerprint density at radius 3 is 2.36 bits per heavy atom. The summed E-state index contributed by atoms with van der Waals surface area (Å²) < 4.78 is 5.14. The maximum atomic E-state index is 12.1. The zero-order valence-corrected chi connectivity index (χ0v) is 19.5. The van der Waals surface area contributed by atoms with E-state index in [0.29, 0.717) is 41.8 Å². The van der Waals surface area contributed by atoms with E-state index in [4.69, 9.17) is 4.74 Å². The van der Waals surface area contributed by atoms with Crippen LogP contribution in [0, 0.1) is 12.3 Å². The number of piperidine rings is 2. The lowest BCUT2D eigenvalue weighted by atomic mass is 9.71. The quantitative estimate of drug-likeness (QED) is 0.550.